The van der Waals surface area contributed by atoms with Gasteiger partial charge in [-0.25, -0.2) is 0 Å². The Kier molecular flexibility index (Phi) is 32.5. The minimum Gasteiger partial charge on any atom is -0.394 e. The number of ether oxygens (including phenoxy) is 9. The van der Waals surface area contributed by atoms with Gasteiger partial charge in [0.15, 0.2) is 17.7 Å². The zero-order chi connectivity index (χ0) is 60.3. The molecular formula is C48H88N2O27S5. The van der Waals surface area contributed by atoms with Crippen molar-refractivity contribution in [1.82, 2.24) is 10.6 Å². The molecule has 82 heavy (non-hydrogen) atoms. The highest BCUT2D eigenvalue weighted by atomic mass is 32.2. The normalized spacial score (nSPS) is 40.8. The molecular weight excluding hydrogens is 1200 g/mol. The Morgan fingerprint density at radius 1 is 0.463 bits per heavy atom. The van der Waals surface area contributed by atoms with Crippen LogP contribution in [0.3, 0.4) is 0 Å². The van der Waals surface area contributed by atoms with Crippen molar-refractivity contribution >= 4 is 64.4 Å². The number of aliphatic hydroxyl groups excluding tert-OH is 18. The van der Waals surface area contributed by atoms with E-state index in [2.05, 4.69) is 10.6 Å². The summed E-state index contributed by atoms with van der Waals surface area (Å²) in [5.41, 5.74) is -3.75. The molecule has 5 fully saturated rings. The number of hydrogen-bond acceptors (Lipinski definition) is 32. The van der Waals surface area contributed by atoms with Crippen LogP contribution in [0.15, 0.2) is 0 Å². The maximum Gasteiger partial charge on any atom is 0.186 e. The Labute approximate surface area is 497 Å². The topological polar surface area (TPSA) is 471 Å². The summed E-state index contributed by atoms with van der Waals surface area (Å²) in [6, 6.07) is 0. The molecule has 20 N–H and O–H groups in total. The first-order chi connectivity index (χ1) is 39.1. The molecule has 0 spiro atoms. The van der Waals surface area contributed by atoms with Crippen LogP contribution in [0.5, 0.6) is 0 Å². The third-order valence-corrected chi connectivity index (χ3v) is 19.6. The highest BCUT2D eigenvalue weighted by Gasteiger charge is 2.51. The lowest BCUT2D eigenvalue weighted by Gasteiger charge is -2.46. The average Bonchev–Trinajstić information content (AvgIpc) is 3.47. The van der Waals surface area contributed by atoms with Gasteiger partial charge >= 0.3 is 0 Å². The smallest absolute Gasteiger partial charge is 0.186 e. The molecule has 0 aromatic carbocycles. The van der Waals surface area contributed by atoms with E-state index < -0.39 is 183 Å². The minimum absolute atomic E-state index is 0.0448. The summed E-state index contributed by atoms with van der Waals surface area (Å²) in [5, 5.41) is 191. The van der Waals surface area contributed by atoms with Gasteiger partial charge in [-0.1, -0.05) is 6.92 Å². The first-order valence-corrected chi connectivity index (χ1v) is 31.9. The Morgan fingerprint density at radius 3 is 1.30 bits per heavy atom. The SMILES string of the molecule is C[C@@H]1C(CSCCNC(=S)NCC(COCCCS[C@@H]2OC(CO)[C@@H](O)[C@H](O)C2O)(COCCCS[C@@H]2OC(CO)[C@@H](O)[C@H](O)C2O)COCCCS[C@@H]2OC(CO)[C@@H](O)[C@H](O)C2O)O[C@H](O[C@@H]2C(CO)O[C@H](O)C(O)[C@H]2O)C(O)[C@H]1O. The molecule has 5 aliphatic rings. The van der Waals surface area contributed by atoms with E-state index in [1.165, 1.54) is 47.0 Å². The van der Waals surface area contributed by atoms with Gasteiger partial charge in [-0.05, 0) is 48.7 Å². The largest absolute Gasteiger partial charge is 0.394 e. The van der Waals surface area contributed by atoms with Crippen molar-refractivity contribution in [2.45, 2.75) is 171 Å². The number of nitrogens with one attached hydrogen (secondary N) is 2. The average molecular weight is 1290 g/mol. The molecule has 10 unspecified atom stereocenters. The van der Waals surface area contributed by atoms with Crippen molar-refractivity contribution < 1.29 is 135 Å². The molecule has 0 amide bonds. The number of rotatable bonds is 34. The van der Waals surface area contributed by atoms with E-state index in [1.54, 1.807) is 6.92 Å². The summed E-state index contributed by atoms with van der Waals surface area (Å²) >= 11 is 10.7. The van der Waals surface area contributed by atoms with Crippen LogP contribution in [0, 0.1) is 11.3 Å². The number of aliphatic hydroxyl groups is 18. The highest BCUT2D eigenvalue weighted by molar-refractivity contribution is 8.00. The quantitative estimate of drug-likeness (QED) is 0.0210. The first-order valence-electron chi connectivity index (χ1n) is 27.2. The van der Waals surface area contributed by atoms with Crippen LogP contribution in [0.2, 0.25) is 0 Å². The first kappa shape index (κ1) is 72.8. The Bertz CT molecular complexity index is 1670. The summed E-state index contributed by atoms with van der Waals surface area (Å²) in [6.07, 6.45) is -28.3. The molecule has 25 atom stereocenters. The minimum atomic E-state index is -1.80. The Morgan fingerprint density at radius 2 is 0.890 bits per heavy atom. The second kappa shape index (κ2) is 36.6. The van der Waals surface area contributed by atoms with Crippen molar-refractivity contribution in [2.75, 3.05) is 108 Å². The highest BCUT2D eigenvalue weighted by Crippen LogP contribution is 2.35. The summed E-state index contributed by atoms with van der Waals surface area (Å²) < 4.78 is 52.6. The maximum absolute atomic E-state index is 10.9. The molecule has 5 aliphatic heterocycles. The van der Waals surface area contributed by atoms with E-state index in [0.29, 0.717) is 54.6 Å². The van der Waals surface area contributed by atoms with Gasteiger partial charge in [-0.3, -0.25) is 0 Å². The van der Waals surface area contributed by atoms with Gasteiger partial charge in [0.1, 0.15) is 120 Å². The predicted octanol–water partition coefficient (Wildman–Crippen LogP) is -8.11. The molecule has 482 valence electrons. The van der Waals surface area contributed by atoms with Crippen LogP contribution < -0.4 is 10.6 Å². The van der Waals surface area contributed by atoms with Crippen LogP contribution in [0.4, 0.5) is 0 Å². The Balaban J connectivity index is 1.19. The Hall–Kier alpha value is 0.0100. The zero-order valence-corrected chi connectivity index (χ0v) is 49.4. The van der Waals surface area contributed by atoms with Crippen molar-refractivity contribution in [2.24, 2.45) is 11.3 Å². The number of thioether (sulfide) groups is 4. The third-order valence-electron chi connectivity index (χ3n) is 14.5. The van der Waals surface area contributed by atoms with E-state index in [-0.39, 0.29) is 51.3 Å². The second-order valence-corrected chi connectivity index (χ2v) is 26.0. The fraction of sp³-hybridized carbons (Fsp3) is 0.979. The van der Waals surface area contributed by atoms with Crippen LogP contribution in [-0.4, -0.2) is 350 Å². The monoisotopic (exact) mass is 1280 g/mol. The second-order valence-electron chi connectivity index (χ2n) is 20.8. The van der Waals surface area contributed by atoms with E-state index >= 15 is 0 Å². The van der Waals surface area contributed by atoms with Crippen LogP contribution in [-0.2, 0) is 42.6 Å². The van der Waals surface area contributed by atoms with Crippen LogP contribution >= 0.6 is 59.3 Å². The van der Waals surface area contributed by atoms with Gasteiger partial charge in [0.25, 0.3) is 0 Å². The van der Waals surface area contributed by atoms with Crippen LogP contribution in [0.1, 0.15) is 26.2 Å². The number of hydrogen-bond donors (Lipinski definition) is 20. The van der Waals surface area contributed by atoms with Crippen molar-refractivity contribution in [3.8, 4) is 0 Å². The number of thiocarbonyl (C=S) groups is 1. The van der Waals surface area contributed by atoms with E-state index in [4.69, 9.17) is 54.8 Å². The predicted molar refractivity (Wildman–Crippen MR) is 298 cm³/mol. The van der Waals surface area contributed by atoms with E-state index in [9.17, 15) is 91.9 Å². The lowest BCUT2D eigenvalue weighted by molar-refractivity contribution is -0.347. The van der Waals surface area contributed by atoms with Gasteiger partial charge in [0.05, 0.1) is 63.9 Å². The molecule has 0 aliphatic carbocycles. The van der Waals surface area contributed by atoms with E-state index in [0.717, 1.165) is 0 Å². The van der Waals surface area contributed by atoms with Gasteiger partial charge in [0.2, 0.25) is 0 Å². The summed E-state index contributed by atoms with van der Waals surface area (Å²) in [5.74, 6) is 1.35. The molecule has 0 aromatic rings. The molecule has 0 bridgehead atoms. The molecule has 5 saturated heterocycles. The molecule has 0 aromatic heterocycles. The molecule has 0 saturated carbocycles. The lowest BCUT2D eigenvalue weighted by Crippen LogP contribution is -2.63. The lowest BCUT2D eigenvalue weighted by atomic mass is 9.90. The third kappa shape index (κ3) is 20.5. The van der Waals surface area contributed by atoms with E-state index in [1.807, 2.05) is 0 Å². The summed E-state index contributed by atoms with van der Waals surface area (Å²) in [6.45, 7) is 0.459. The van der Waals surface area contributed by atoms with Gasteiger partial charge in [-0.2, -0.15) is 11.8 Å². The molecule has 5 heterocycles. The fourth-order valence-corrected chi connectivity index (χ4v) is 13.9. The van der Waals surface area contributed by atoms with Crippen molar-refractivity contribution in [3.05, 3.63) is 0 Å². The van der Waals surface area contributed by atoms with Crippen LogP contribution in [0.25, 0.3) is 0 Å². The zero-order valence-electron chi connectivity index (χ0n) is 45.3. The molecule has 29 nitrogen and oxygen atoms in total. The standard InChI is InChI=1S/C48H88N2O27S5/c1-22-27(73-43(37(64)28(22)55)77-41-26(16-54)72-42(68)36(63)35(41)62)17-79-12-5-49-47(78)50-18-48(19-69-6-2-9-80-44-38(65)32(59)29(56)23(13-51)74-44,20-70-7-3-10-81-45-39(66)33(60)30(57)24(14-52)75-45)21-71-8-4-11-82-46-40(67)34(61)31(58)25(15-53)76-46/h22-46,51-68H,2-21H2,1H3,(H2,49,50,78)/t22-,23?,24?,25?,26?,27?,28+,29-,30-,31-,32+,33+,34+,35-,36?,37?,38?,39?,40?,41-,42+,43-,44+,45+,46+,48?/m1/s1. The molecule has 0 radical (unpaired) electrons. The summed E-state index contributed by atoms with van der Waals surface area (Å²) in [7, 11) is 0. The van der Waals surface area contributed by atoms with Crippen molar-refractivity contribution in [1.29, 1.82) is 0 Å². The van der Waals surface area contributed by atoms with Crippen molar-refractivity contribution in [3.63, 3.8) is 0 Å². The molecule has 34 heteroatoms. The molecule has 5 rings (SSSR count). The fourth-order valence-electron chi connectivity index (χ4n) is 9.37. The van der Waals surface area contributed by atoms with Gasteiger partial charge in [0, 0.05) is 50.3 Å². The summed E-state index contributed by atoms with van der Waals surface area (Å²) in [4.78, 5) is 0. The van der Waals surface area contributed by atoms with Gasteiger partial charge in [-0.15, -0.1) is 35.3 Å². The maximum atomic E-state index is 10.9. The van der Waals surface area contributed by atoms with Gasteiger partial charge < -0.3 is 145 Å².